The number of β-amino-alcohol motifs (C(OH)–C–C–N with tert-alkyl or cyclic N) is 1. The zero-order valence-electron chi connectivity index (χ0n) is 11.1. The molecule has 0 bridgehead atoms. The highest BCUT2D eigenvalue weighted by Crippen LogP contribution is 2.25. The van der Waals surface area contributed by atoms with E-state index in [9.17, 15) is 14.7 Å². The number of aromatic nitrogens is 2. The van der Waals surface area contributed by atoms with Crippen LogP contribution in [0.5, 0.6) is 0 Å². The second-order valence-corrected chi connectivity index (χ2v) is 4.68. The van der Waals surface area contributed by atoms with Crippen LogP contribution in [0.4, 0.5) is 0 Å². The molecule has 1 aliphatic rings. The maximum Gasteiger partial charge on any atom is 0.356 e. The Bertz CT molecular complexity index is 723. The lowest BCUT2D eigenvalue weighted by Gasteiger charge is -2.19. The molecule has 7 nitrogen and oxygen atoms in total. The standard InChI is InChI=1S/C14H13N3O4/c18-6-5-16-7-11-12(14(20)21)15-8-17(11)10-4-2-1-3-9(10)13(16)19/h1-4,8,18H,5-7H2,(H,20,21). The summed E-state index contributed by atoms with van der Waals surface area (Å²) in [5.74, 6) is -1.38. The van der Waals surface area contributed by atoms with Crippen molar-refractivity contribution in [3.05, 3.63) is 47.5 Å². The molecule has 0 unspecified atom stereocenters. The summed E-state index contributed by atoms with van der Waals surface area (Å²) in [4.78, 5) is 29.1. The predicted octanol–water partition coefficient (Wildman–Crippen LogP) is 0.519. The molecular weight excluding hydrogens is 274 g/mol. The number of hydrogen-bond donors (Lipinski definition) is 2. The number of aliphatic hydroxyl groups excluding tert-OH is 1. The molecule has 0 saturated carbocycles. The lowest BCUT2D eigenvalue weighted by atomic mass is 10.1. The summed E-state index contributed by atoms with van der Waals surface area (Å²) in [7, 11) is 0. The number of nitrogens with zero attached hydrogens (tertiary/aromatic N) is 3. The Morgan fingerprint density at radius 3 is 2.81 bits per heavy atom. The Labute approximate surface area is 120 Å². The van der Waals surface area contributed by atoms with E-state index in [1.165, 1.54) is 11.2 Å². The van der Waals surface area contributed by atoms with Crippen LogP contribution in [0.15, 0.2) is 30.6 Å². The molecule has 2 N–H and O–H groups in total. The lowest BCUT2D eigenvalue weighted by molar-refractivity contribution is 0.0669. The zero-order chi connectivity index (χ0) is 15.0. The van der Waals surface area contributed by atoms with E-state index < -0.39 is 5.97 Å². The molecule has 7 heteroatoms. The first-order valence-corrected chi connectivity index (χ1v) is 6.42. The largest absolute Gasteiger partial charge is 0.476 e. The Hall–Kier alpha value is -2.67. The summed E-state index contributed by atoms with van der Waals surface area (Å²) >= 11 is 0. The molecule has 1 amide bonds. The molecule has 1 aromatic heterocycles. The molecule has 0 saturated heterocycles. The van der Waals surface area contributed by atoms with Gasteiger partial charge in [0, 0.05) is 6.54 Å². The fourth-order valence-corrected chi connectivity index (χ4v) is 2.50. The van der Waals surface area contributed by atoms with Crippen LogP contribution in [0.3, 0.4) is 0 Å². The molecule has 0 fully saturated rings. The lowest BCUT2D eigenvalue weighted by Crippen LogP contribution is -2.32. The average molecular weight is 287 g/mol. The average Bonchev–Trinajstić information content (AvgIpc) is 2.85. The number of rotatable bonds is 3. The number of benzene rings is 1. The van der Waals surface area contributed by atoms with E-state index in [4.69, 9.17) is 5.11 Å². The number of imidazole rings is 1. The van der Waals surface area contributed by atoms with Gasteiger partial charge in [-0.2, -0.15) is 0 Å². The highest BCUT2D eigenvalue weighted by Gasteiger charge is 2.29. The number of aliphatic hydroxyl groups is 1. The normalized spacial score (nSPS) is 13.6. The van der Waals surface area contributed by atoms with Gasteiger partial charge in [0.15, 0.2) is 5.69 Å². The van der Waals surface area contributed by atoms with Gasteiger partial charge in [0.25, 0.3) is 5.91 Å². The van der Waals surface area contributed by atoms with Gasteiger partial charge in [-0.1, -0.05) is 12.1 Å². The Kier molecular flexibility index (Phi) is 3.19. The van der Waals surface area contributed by atoms with Gasteiger partial charge >= 0.3 is 5.97 Å². The van der Waals surface area contributed by atoms with Crippen molar-refractivity contribution in [1.82, 2.24) is 14.5 Å². The monoisotopic (exact) mass is 287 g/mol. The predicted molar refractivity (Wildman–Crippen MR) is 72.3 cm³/mol. The molecule has 2 aromatic rings. The van der Waals surface area contributed by atoms with Gasteiger partial charge in [0.2, 0.25) is 0 Å². The molecule has 0 aliphatic carbocycles. The minimum atomic E-state index is -1.14. The summed E-state index contributed by atoms with van der Waals surface area (Å²) in [5.41, 5.74) is 1.40. The maximum atomic E-state index is 12.5. The van der Waals surface area contributed by atoms with Gasteiger partial charge in [-0.25, -0.2) is 9.78 Å². The topological polar surface area (TPSA) is 95.7 Å². The minimum absolute atomic E-state index is 0.0811. The number of carboxylic acid groups (broad SMARTS) is 1. The van der Waals surface area contributed by atoms with Crippen LogP contribution in [-0.2, 0) is 6.54 Å². The second-order valence-electron chi connectivity index (χ2n) is 4.68. The van der Waals surface area contributed by atoms with E-state index in [0.717, 1.165) is 0 Å². The van der Waals surface area contributed by atoms with Crippen molar-refractivity contribution in [3.63, 3.8) is 0 Å². The van der Waals surface area contributed by atoms with Gasteiger partial charge in [0.05, 0.1) is 30.1 Å². The third kappa shape index (κ3) is 2.07. The van der Waals surface area contributed by atoms with E-state index >= 15 is 0 Å². The molecule has 108 valence electrons. The molecule has 0 radical (unpaired) electrons. The van der Waals surface area contributed by atoms with Crippen molar-refractivity contribution in [3.8, 4) is 5.69 Å². The van der Waals surface area contributed by atoms with Crippen LogP contribution in [0.2, 0.25) is 0 Å². The fraction of sp³-hybridized carbons (Fsp3) is 0.214. The third-order valence-corrected chi connectivity index (χ3v) is 3.46. The second kappa shape index (κ2) is 5.02. The van der Waals surface area contributed by atoms with Crippen LogP contribution in [0.1, 0.15) is 26.5 Å². The van der Waals surface area contributed by atoms with Crippen molar-refractivity contribution < 1.29 is 19.8 Å². The van der Waals surface area contributed by atoms with Gasteiger partial charge in [-0.05, 0) is 12.1 Å². The highest BCUT2D eigenvalue weighted by molar-refractivity contribution is 5.99. The van der Waals surface area contributed by atoms with Crippen molar-refractivity contribution in [2.75, 3.05) is 13.2 Å². The van der Waals surface area contributed by atoms with Crippen LogP contribution < -0.4 is 0 Å². The molecule has 0 spiro atoms. The number of carboxylic acids is 1. The van der Waals surface area contributed by atoms with E-state index in [2.05, 4.69) is 4.98 Å². The summed E-state index contributed by atoms with van der Waals surface area (Å²) < 4.78 is 1.62. The summed E-state index contributed by atoms with van der Waals surface area (Å²) in [5, 5.41) is 18.3. The SMILES string of the molecule is O=C(O)c1ncn2c1CN(CCO)C(=O)c1ccccc1-2. The summed E-state index contributed by atoms with van der Waals surface area (Å²) in [6.45, 7) is 0.0392. The van der Waals surface area contributed by atoms with Crippen LogP contribution in [-0.4, -0.2) is 49.7 Å². The number of fused-ring (bicyclic) bond motifs is 3. The smallest absolute Gasteiger partial charge is 0.356 e. The number of para-hydroxylation sites is 1. The number of carbonyl (C=O) groups excluding carboxylic acids is 1. The molecule has 2 heterocycles. The summed E-state index contributed by atoms with van der Waals surface area (Å²) in [6, 6.07) is 6.94. The van der Waals surface area contributed by atoms with Crippen molar-refractivity contribution >= 4 is 11.9 Å². The van der Waals surface area contributed by atoms with Crippen molar-refractivity contribution in [2.45, 2.75) is 6.54 Å². The number of carbonyl (C=O) groups is 2. The Morgan fingerprint density at radius 1 is 1.33 bits per heavy atom. The van der Waals surface area contributed by atoms with E-state index in [-0.39, 0.29) is 31.3 Å². The van der Waals surface area contributed by atoms with Crippen LogP contribution in [0.25, 0.3) is 5.69 Å². The van der Waals surface area contributed by atoms with Gasteiger partial charge < -0.3 is 15.1 Å². The number of hydrogen-bond acceptors (Lipinski definition) is 4. The minimum Gasteiger partial charge on any atom is -0.476 e. The first-order chi connectivity index (χ1) is 10.1. The van der Waals surface area contributed by atoms with Crippen molar-refractivity contribution in [1.29, 1.82) is 0 Å². The van der Waals surface area contributed by atoms with Crippen LogP contribution in [0, 0.1) is 0 Å². The van der Waals surface area contributed by atoms with E-state index in [0.29, 0.717) is 16.9 Å². The first kappa shape index (κ1) is 13.3. The number of amides is 1. The Morgan fingerprint density at radius 2 is 2.10 bits per heavy atom. The molecule has 1 aromatic carbocycles. The van der Waals surface area contributed by atoms with Gasteiger partial charge in [0.1, 0.15) is 6.33 Å². The van der Waals surface area contributed by atoms with Gasteiger partial charge in [-0.3, -0.25) is 9.36 Å². The molecule has 3 rings (SSSR count). The molecule has 0 atom stereocenters. The van der Waals surface area contributed by atoms with Crippen LogP contribution >= 0.6 is 0 Å². The van der Waals surface area contributed by atoms with E-state index in [1.807, 2.05) is 0 Å². The third-order valence-electron chi connectivity index (χ3n) is 3.46. The van der Waals surface area contributed by atoms with Gasteiger partial charge in [-0.15, -0.1) is 0 Å². The quantitative estimate of drug-likeness (QED) is 0.858. The molecular formula is C14H13N3O4. The molecule has 1 aliphatic heterocycles. The van der Waals surface area contributed by atoms with E-state index in [1.54, 1.807) is 28.8 Å². The Balaban J connectivity index is 2.23. The van der Waals surface area contributed by atoms with Crippen molar-refractivity contribution in [2.24, 2.45) is 0 Å². The summed E-state index contributed by atoms with van der Waals surface area (Å²) in [6.07, 6.45) is 1.41. The zero-order valence-corrected chi connectivity index (χ0v) is 11.1. The first-order valence-electron chi connectivity index (χ1n) is 6.42. The molecule has 21 heavy (non-hydrogen) atoms. The maximum absolute atomic E-state index is 12.5. The highest BCUT2D eigenvalue weighted by atomic mass is 16.4. The number of aromatic carboxylic acids is 1. The fourth-order valence-electron chi connectivity index (χ4n) is 2.50.